The van der Waals surface area contributed by atoms with Gasteiger partial charge in [-0.15, -0.1) is 0 Å². The minimum atomic E-state index is 0.0874. The summed E-state index contributed by atoms with van der Waals surface area (Å²) in [5, 5.41) is 3.39. The number of nitrogens with one attached hydrogen (secondary N) is 1. The first-order valence-electron chi connectivity index (χ1n) is 8.81. The first-order valence-corrected chi connectivity index (χ1v) is 8.81. The first-order chi connectivity index (χ1) is 12.3. The third-order valence-corrected chi connectivity index (χ3v) is 5.02. The molecule has 2 aromatic rings. The van der Waals surface area contributed by atoms with E-state index in [9.17, 15) is 4.79 Å². The van der Waals surface area contributed by atoms with Crippen molar-refractivity contribution in [2.24, 2.45) is 0 Å². The summed E-state index contributed by atoms with van der Waals surface area (Å²) in [4.78, 5) is 19.5. The van der Waals surface area contributed by atoms with Crippen molar-refractivity contribution in [2.75, 3.05) is 26.7 Å². The predicted octanol–water partition coefficient (Wildman–Crippen LogP) is 2.10. The van der Waals surface area contributed by atoms with Crippen molar-refractivity contribution in [3.8, 4) is 0 Å². The van der Waals surface area contributed by atoms with Crippen LogP contribution in [-0.4, -0.2) is 42.5 Å². The molecule has 6 heteroatoms. The molecular weight excluding hydrogens is 318 g/mol. The predicted molar refractivity (Wildman–Crippen MR) is 92.3 cm³/mol. The van der Waals surface area contributed by atoms with Crippen LogP contribution in [0.2, 0.25) is 0 Å². The standard InChI is InChI=1S/C19H23N3O3/c1-24-12-18-21-16-11-22(9-7-17(16)25-18)19(23)15-5-3-2-4-14(15)13-6-8-20-10-13/h2-5,13,20H,6-12H2,1H3. The summed E-state index contributed by atoms with van der Waals surface area (Å²) in [6, 6.07) is 8.01. The second kappa shape index (κ2) is 6.98. The number of methoxy groups -OCH3 is 1. The van der Waals surface area contributed by atoms with Gasteiger partial charge in [-0.3, -0.25) is 4.79 Å². The average Bonchev–Trinajstić information content (AvgIpc) is 3.30. The van der Waals surface area contributed by atoms with E-state index in [1.165, 1.54) is 0 Å². The fraction of sp³-hybridized carbons (Fsp3) is 0.474. The van der Waals surface area contributed by atoms with Gasteiger partial charge in [-0.05, 0) is 30.5 Å². The highest BCUT2D eigenvalue weighted by molar-refractivity contribution is 5.96. The molecule has 0 bridgehead atoms. The number of aromatic nitrogens is 1. The smallest absolute Gasteiger partial charge is 0.254 e. The maximum absolute atomic E-state index is 13.1. The van der Waals surface area contributed by atoms with Crippen molar-refractivity contribution in [3.63, 3.8) is 0 Å². The van der Waals surface area contributed by atoms with Crippen LogP contribution >= 0.6 is 0 Å². The van der Waals surface area contributed by atoms with Crippen LogP contribution in [0.4, 0.5) is 0 Å². The van der Waals surface area contributed by atoms with Crippen molar-refractivity contribution in [1.82, 2.24) is 15.2 Å². The third kappa shape index (κ3) is 3.19. The average molecular weight is 341 g/mol. The van der Waals surface area contributed by atoms with Crippen LogP contribution in [0.1, 0.15) is 45.6 Å². The Balaban J connectivity index is 1.55. The molecule has 1 N–H and O–H groups in total. The highest BCUT2D eigenvalue weighted by Crippen LogP contribution is 2.28. The van der Waals surface area contributed by atoms with Gasteiger partial charge in [-0.2, -0.15) is 0 Å². The van der Waals surface area contributed by atoms with Crippen molar-refractivity contribution < 1.29 is 13.9 Å². The number of benzene rings is 1. The van der Waals surface area contributed by atoms with Gasteiger partial charge in [-0.1, -0.05) is 18.2 Å². The van der Waals surface area contributed by atoms with Crippen LogP contribution in [0.3, 0.4) is 0 Å². The number of rotatable bonds is 4. The highest BCUT2D eigenvalue weighted by atomic mass is 16.5. The number of nitrogens with zero attached hydrogens (tertiary/aromatic N) is 2. The zero-order valence-electron chi connectivity index (χ0n) is 14.5. The van der Waals surface area contributed by atoms with Gasteiger partial charge < -0.3 is 19.4 Å². The Kier molecular flexibility index (Phi) is 4.55. The first kappa shape index (κ1) is 16.3. The van der Waals surface area contributed by atoms with E-state index < -0.39 is 0 Å². The van der Waals surface area contributed by atoms with E-state index in [0.717, 1.165) is 42.1 Å². The quantitative estimate of drug-likeness (QED) is 0.922. The largest absolute Gasteiger partial charge is 0.443 e. The molecule has 0 spiro atoms. The minimum Gasteiger partial charge on any atom is -0.443 e. The lowest BCUT2D eigenvalue weighted by atomic mass is 9.92. The second-order valence-electron chi connectivity index (χ2n) is 6.66. The van der Waals surface area contributed by atoms with E-state index in [2.05, 4.69) is 16.4 Å². The van der Waals surface area contributed by atoms with Gasteiger partial charge in [0.15, 0.2) is 0 Å². The fourth-order valence-corrected chi connectivity index (χ4v) is 3.75. The number of oxazole rings is 1. The van der Waals surface area contributed by atoms with Gasteiger partial charge in [0, 0.05) is 32.2 Å². The van der Waals surface area contributed by atoms with Crippen LogP contribution in [0, 0.1) is 0 Å². The van der Waals surface area contributed by atoms with Gasteiger partial charge in [0.05, 0.1) is 6.54 Å². The molecule has 0 radical (unpaired) electrons. The maximum Gasteiger partial charge on any atom is 0.254 e. The molecule has 1 saturated heterocycles. The number of ether oxygens (including phenoxy) is 1. The summed E-state index contributed by atoms with van der Waals surface area (Å²) >= 11 is 0. The van der Waals surface area contributed by atoms with Crippen molar-refractivity contribution in [2.45, 2.75) is 31.9 Å². The number of fused-ring (bicyclic) bond motifs is 1. The monoisotopic (exact) mass is 341 g/mol. The summed E-state index contributed by atoms with van der Waals surface area (Å²) < 4.78 is 10.8. The Morgan fingerprint density at radius 1 is 1.44 bits per heavy atom. The topological polar surface area (TPSA) is 67.6 Å². The molecule has 1 unspecified atom stereocenters. The van der Waals surface area contributed by atoms with Crippen LogP contribution in [0.25, 0.3) is 0 Å². The fourth-order valence-electron chi connectivity index (χ4n) is 3.75. The summed E-state index contributed by atoms with van der Waals surface area (Å²) in [5.41, 5.74) is 2.83. The number of amides is 1. The molecule has 2 aliphatic rings. The molecule has 1 aromatic heterocycles. The third-order valence-electron chi connectivity index (χ3n) is 5.02. The van der Waals surface area contributed by atoms with Crippen molar-refractivity contribution in [1.29, 1.82) is 0 Å². The normalized spacial score (nSPS) is 19.9. The Bertz CT molecular complexity index is 765. The molecule has 1 amide bonds. The van der Waals surface area contributed by atoms with E-state index >= 15 is 0 Å². The minimum absolute atomic E-state index is 0.0874. The van der Waals surface area contributed by atoms with Crippen molar-refractivity contribution in [3.05, 3.63) is 52.7 Å². The molecule has 3 heterocycles. The summed E-state index contributed by atoms with van der Waals surface area (Å²) in [5.74, 6) is 1.97. The van der Waals surface area contributed by atoms with E-state index in [-0.39, 0.29) is 5.91 Å². The molecule has 1 aromatic carbocycles. The molecule has 1 atom stereocenters. The lowest BCUT2D eigenvalue weighted by Gasteiger charge is -2.27. The van der Waals surface area contributed by atoms with Gasteiger partial charge in [0.1, 0.15) is 18.1 Å². The SMILES string of the molecule is COCc1nc2c(o1)CCN(C(=O)c1ccccc1C1CCNC1)C2. The van der Waals surface area contributed by atoms with E-state index in [4.69, 9.17) is 9.15 Å². The molecule has 2 aliphatic heterocycles. The summed E-state index contributed by atoms with van der Waals surface area (Å²) in [7, 11) is 1.62. The van der Waals surface area contributed by atoms with Crippen LogP contribution in [0.15, 0.2) is 28.7 Å². The Hall–Kier alpha value is -2.18. The van der Waals surface area contributed by atoms with Gasteiger partial charge in [0.2, 0.25) is 5.89 Å². The second-order valence-corrected chi connectivity index (χ2v) is 6.66. The molecule has 0 saturated carbocycles. The van der Waals surface area contributed by atoms with Gasteiger partial charge in [0.25, 0.3) is 5.91 Å². The molecular formula is C19H23N3O3. The van der Waals surface area contributed by atoms with E-state index in [1.54, 1.807) is 7.11 Å². The van der Waals surface area contributed by atoms with Gasteiger partial charge >= 0.3 is 0 Å². The summed E-state index contributed by atoms with van der Waals surface area (Å²) in [6.07, 6.45) is 1.78. The van der Waals surface area contributed by atoms with E-state index in [0.29, 0.717) is 37.9 Å². The molecule has 25 heavy (non-hydrogen) atoms. The van der Waals surface area contributed by atoms with Crippen molar-refractivity contribution >= 4 is 5.91 Å². The Morgan fingerprint density at radius 3 is 3.12 bits per heavy atom. The number of hydrogen-bond donors (Lipinski definition) is 1. The Morgan fingerprint density at radius 2 is 2.32 bits per heavy atom. The molecule has 4 rings (SSSR count). The van der Waals surface area contributed by atoms with E-state index in [1.807, 2.05) is 23.1 Å². The van der Waals surface area contributed by atoms with Crippen LogP contribution < -0.4 is 5.32 Å². The molecule has 1 fully saturated rings. The number of hydrogen-bond acceptors (Lipinski definition) is 5. The number of carbonyl (C=O) groups excluding carboxylic acids is 1. The van der Waals surface area contributed by atoms with Crippen LogP contribution in [0.5, 0.6) is 0 Å². The molecule has 6 nitrogen and oxygen atoms in total. The lowest BCUT2D eigenvalue weighted by molar-refractivity contribution is 0.0726. The maximum atomic E-state index is 13.1. The summed E-state index contributed by atoms with van der Waals surface area (Å²) in [6.45, 7) is 3.47. The highest BCUT2D eigenvalue weighted by Gasteiger charge is 2.29. The molecule has 132 valence electrons. The zero-order chi connectivity index (χ0) is 17.2. The Labute approximate surface area is 147 Å². The lowest BCUT2D eigenvalue weighted by Crippen LogP contribution is -2.36. The zero-order valence-corrected chi connectivity index (χ0v) is 14.5. The number of carbonyl (C=O) groups is 1. The van der Waals surface area contributed by atoms with Crippen LogP contribution in [-0.2, 0) is 24.3 Å². The molecule has 0 aliphatic carbocycles. The van der Waals surface area contributed by atoms with Gasteiger partial charge in [-0.25, -0.2) is 4.98 Å².